The molecule has 0 saturated carbocycles. The van der Waals surface area contributed by atoms with E-state index in [1.807, 2.05) is 0 Å². The second kappa shape index (κ2) is 21.2. The summed E-state index contributed by atoms with van der Waals surface area (Å²) in [5.41, 5.74) is 0. The van der Waals surface area contributed by atoms with E-state index in [9.17, 15) is 4.79 Å². The number of rotatable bonds is 20. The first-order valence-electron chi connectivity index (χ1n) is 8.48. The number of aliphatic hydroxyl groups excluding tert-OH is 1. The summed E-state index contributed by atoms with van der Waals surface area (Å²) in [4.78, 5) is 10.5. The van der Waals surface area contributed by atoms with E-state index in [1.54, 1.807) is 0 Å². The Labute approximate surface area is 149 Å². The van der Waals surface area contributed by atoms with Crippen molar-refractivity contribution in [2.45, 2.75) is 6.92 Å². The third-order valence-corrected chi connectivity index (χ3v) is 2.63. The number of carbonyl (C=O) groups is 1. The highest BCUT2D eigenvalue weighted by Gasteiger charge is 1.95. The second-order valence-corrected chi connectivity index (χ2v) is 4.74. The van der Waals surface area contributed by atoms with E-state index in [4.69, 9.17) is 38.3 Å². The topological polar surface area (TPSA) is 102 Å². The van der Waals surface area contributed by atoms with Gasteiger partial charge in [0.05, 0.1) is 85.9 Å². The predicted octanol–water partition coefficient (Wildman–Crippen LogP) is -0.359. The van der Waals surface area contributed by atoms with E-state index in [1.165, 1.54) is 6.92 Å². The Kier molecular flexibility index (Phi) is 20.5. The van der Waals surface area contributed by atoms with Crippen molar-refractivity contribution < 1.29 is 43.1 Å². The largest absolute Gasteiger partial charge is 0.463 e. The summed E-state index contributed by atoms with van der Waals surface area (Å²) in [6.45, 7) is 7.25. The zero-order chi connectivity index (χ0) is 18.4. The predicted molar refractivity (Wildman–Crippen MR) is 88.6 cm³/mol. The van der Waals surface area contributed by atoms with Crippen LogP contribution in [0.15, 0.2) is 0 Å². The zero-order valence-corrected chi connectivity index (χ0v) is 15.1. The molecule has 0 saturated heterocycles. The van der Waals surface area contributed by atoms with Gasteiger partial charge in [-0.25, -0.2) is 0 Å². The molecule has 25 heavy (non-hydrogen) atoms. The van der Waals surface area contributed by atoms with Crippen LogP contribution in [0, 0.1) is 0 Å². The lowest BCUT2D eigenvalue weighted by molar-refractivity contribution is -0.142. The standard InChI is InChI=1S/C16H32O9/c1-16(18)25-15-14-24-13-12-23-11-10-22-9-8-21-7-6-20-5-4-19-3-2-17/h17H,2-15H2,1H3. The van der Waals surface area contributed by atoms with Gasteiger partial charge in [-0.1, -0.05) is 0 Å². The average Bonchev–Trinajstić information content (AvgIpc) is 2.60. The van der Waals surface area contributed by atoms with Crippen LogP contribution in [0.3, 0.4) is 0 Å². The van der Waals surface area contributed by atoms with Crippen molar-refractivity contribution in [3.8, 4) is 0 Å². The van der Waals surface area contributed by atoms with Crippen molar-refractivity contribution in [2.75, 3.05) is 92.5 Å². The number of carbonyl (C=O) groups excluding carboxylic acids is 1. The van der Waals surface area contributed by atoms with Crippen LogP contribution in [0.2, 0.25) is 0 Å². The van der Waals surface area contributed by atoms with E-state index in [-0.39, 0.29) is 19.2 Å². The van der Waals surface area contributed by atoms with Crippen molar-refractivity contribution in [1.82, 2.24) is 0 Å². The summed E-state index contributed by atoms with van der Waals surface area (Å²) in [6.07, 6.45) is 0. The molecule has 9 heteroatoms. The molecule has 0 aromatic heterocycles. The first-order chi connectivity index (χ1) is 12.3. The number of hydrogen-bond donors (Lipinski definition) is 1. The molecule has 0 radical (unpaired) electrons. The first-order valence-corrected chi connectivity index (χ1v) is 8.48. The average molecular weight is 368 g/mol. The Morgan fingerprint density at radius 2 is 0.840 bits per heavy atom. The van der Waals surface area contributed by atoms with Gasteiger partial charge in [0.25, 0.3) is 0 Å². The fourth-order valence-electron chi connectivity index (χ4n) is 1.51. The van der Waals surface area contributed by atoms with Crippen molar-refractivity contribution >= 4 is 5.97 Å². The van der Waals surface area contributed by atoms with Crippen LogP contribution < -0.4 is 0 Å². The molecule has 0 heterocycles. The SMILES string of the molecule is CC(=O)OCCOCCOCCOCCOCCOCCOCCO. The summed E-state index contributed by atoms with van der Waals surface area (Å²) < 4.78 is 36.2. The summed E-state index contributed by atoms with van der Waals surface area (Å²) in [5, 5.41) is 8.50. The molecule has 0 aliphatic carbocycles. The maximum Gasteiger partial charge on any atom is 0.302 e. The summed E-state index contributed by atoms with van der Waals surface area (Å²) >= 11 is 0. The van der Waals surface area contributed by atoms with Crippen molar-refractivity contribution in [2.24, 2.45) is 0 Å². The van der Waals surface area contributed by atoms with Gasteiger partial charge in [-0.05, 0) is 0 Å². The lowest BCUT2D eigenvalue weighted by Gasteiger charge is -2.08. The molecule has 0 amide bonds. The molecular formula is C16H32O9. The molecule has 0 aromatic rings. The number of esters is 1. The van der Waals surface area contributed by atoms with Crippen molar-refractivity contribution in [3.63, 3.8) is 0 Å². The zero-order valence-electron chi connectivity index (χ0n) is 15.1. The van der Waals surface area contributed by atoms with Gasteiger partial charge in [0.1, 0.15) is 6.61 Å². The molecule has 0 unspecified atom stereocenters. The van der Waals surface area contributed by atoms with Crippen LogP contribution in [0.5, 0.6) is 0 Å². The molecule has 0 aromatic carbocycles. The Bertz CT molecular complexity index is 276. The summed E-state index contributed by atoms with van der Waals surface area (Å²) in [7, 11) is 0. The molecule has 0 bridgehead atoms. The minimum absolute atomic E-state index is 0.0274. The molecule has 0 aliphatic rings. The van der Waals surface area contributed by atoms with Gasteiger partial charge >= 0.3 is 5.97 Å². The first kappa shape index (κ1) is 24.2. The van der Waals surface area contributed by atoms with E-state index >= 15 is 0 Å². The Morgan fingerprint density at radius 1 is 0.560 bits per heavy atom. The Morgan fingerprint density at radius 3 is 1.12 bits per heavy atom. The molecule has 150 valence electrons. The number of hydrogen-bond acceptors (Lipinski definition) is 9. The van der Waals surface area contributed by atoms with Crippen molar-refractivity contribution in [1.29, 1.82) is 0 Å². The van der Waals surface area contributed by atoms with E-state index in [0.29, 0.717) is 79.3 Å². The van der Waals surface area contributed by atoms with Crippen LogP contribution in [-0.4, -0.2) is 104 Å². The lowest BCUT2D eigenvalue weighted by atomic mass is 10.6. The van der Waals surface area contributed by atoms with E-state index in [2.05, 4.69) is 0 Å². The molecule has 0 spiro atoms. The highest BCUT2D eigenvalue weighted by atomic mass is 16.6. The van der Waals surface area contributed by atoms with Crippen LogP contribution >= 0.6 is 0 Å². The normalized spacial score (nSPS) is 11.0. The highest BCUT2D eigenvalue weighted by molar-refractivity contribution is 5.65. The molecule has 0 atom stereocenters. The van der Waals surface area contributed by atoms with Crippen LogP contribution in [0.25, 0.3) is 0 Å². The van der Waals surface area contributed by atoms with Crippen molar-refractivity contribution in [3.05, 3.63) is 0 Å². The monoisotopic (exact) mass is 368 g/mol. The minimum atomic E-state index is -0.308. The second-order valence-electron chi connectivity index (χ2n) is 4.74. The third kappa shape index (κ3) is 23.2. The minimum Gasteiger partial charge on any atom is -0.463 e. The molecule has 0 rings (SSSR count). The fourth-order valence-corrected chi connectivity index (χ4v) is 1.51. The molecule has 0 aliphatic heterocycles. The van der Waals surface area contributed by atoms with Gasteiger partial charge in [0.15, 0.2) is 0 Å². The number of ether oxygens (including phenoxy) is 7. The third-order valence-electron chi connectivity index (χ3n) is 2.63. The van der Waals surface area contributed by atoms with Crippen LogP contribution in [-0.2, 0) is 38.0 Å². The van der Waals surface area contributed by atoms with Gasteiger partial charge in [0.2, 0.25) is 0 Å². The Balaban J connectivity index is 2.97. The molecular weight excluding hydrogens is 336 g/mol. The van der Waals surface area contributed by atoms with Gasteiger partial charge in [-0.2, -0.15) is 0 Å². The summed E-state index contributed by atoms with van der Waals surface area (Å²) in [6, 6.07) is 0. The van der Waals surface area contributed by atoms with Gasteiger partial charge in [0, 0.05) is 6.92 Å². The maximum atomic E-state index is 10.5. The Hall–Kier alpha value is -0.810. The van der Waals surface area contributed by atoms with Gasteiger partial charge in [-0.15, -0.1) is 0 Å². The molecule has 1 N–H and O–H groups in total. The maximum absolute atomic E-state index is 10.5. The fraction of sp³-hybridized carbons (Fsp3) is 0.938. The lowest BCUT2D eigenvalue weighted by Crippen LogP contribution is -2.15. The number of aliphatic hydroxyl groups is 1. The molecule has 0 fully saturated rings. The summed E-state index contributed by atoms with van der Waals surface area (Å²) in [5.74, 6) is -0.308. The van der Waals surface area contributed by atoms with Crippen LogP contribution in [0.4, 0.5) is 0 Å². The van der Waals surface area contributed by atoms with Gasteiger partial charge in [-0.3, -0.25) is 4.79 Å². The van der Waals surface area contributed by atoms with E-state index in [0.717, 1.165) is 0 Å². The van der Waals surface area contributed by atoms with E-state index < -0.39 is 0 Å². The highest BCUT2D eigenvalue weighted by Crippen LogP contribution is 1.85. The van der Waals surface area contributed by atoms with Crippen LogP contribution in [0.1, 0.15) is 6.92 Å². The smallest absolute Gasteiger partial charge is 0.302 e. The quantitative estimate of drug-likeness (QED) is 0.228. The molecule has 9 nitrogen and oxygen atoms in total. The van der Waals surface area contributed by atoms with Gasteiger partial charge < -0.3 is 38.3 Å².